The van der Waals surface area contributed by atoms with Crippen LogP contribution >= 0.6 is 0 Å². The third kappa shape index (κ3) is 4.13. The smallest absolute Gasteiger partial charge is 0.118 e. The number of hydrogen-bond donors (Lipinski definition) is 0. The van der Waals surface area contributed by atoms with Crippen LogP contribution in [-0.2, 0) is 11.3 Å². The number of ether oxygens (including phenoxy) is 2. The zero-order valence-electron chi connectivity index (χ0n) is 17.4. The van der Waals surface area contributed by atoms with Crippen molar-refractivity contribution in [2.45, 2.75) is 12.6 Å². The fraction of sp³-hybridized carbons (Fsp3) is 0.240. The molecule has 6 nitrogen and oxygen atoms in total. The molecule has 0 spiro atoms. The molecule has 0 amide bonds. The Morgan fingerprint density at radius 2 is 1.81 bits per heavy atom. The lowest BCUT2D eigenvalue weighted by Crippen LogP contribution is -2.38. The molecule has 5 rings (SSSR count). The number of morpholine rings is 1. The molecule has 2 aromatic carbocycles. The van der Waals surface area contributed by atoms with Crippen molar-refractivity contribution in [3.05, 3.63) is 84.4 Å². The van der Waals surface area contributed by atoms with Gasteiger partial charge in [-0.25, -0.2) is 0 Å². The van der Waals surface area contributed by atoms with E-state index < -0.39 is 0 Å². The lowest BCUT2D eigenvalue weighted by Gasteiger charge is -2.33. The van der Waals surface area contributed by atoms with E-state index in [2.05, 4.69) is 44.1 Å². The summed E-state index contributed by atoms with van der Waals surface area (Å²) in [5, 5.41) is 1.20. The van der Waals surface area contributed by atoms with Crippen LogP contribution in [0.4, 0.5) is 0 Å². The van der Waals surface area contributed by atoms with Crippen LogP contribution in [0.25, 0.3) is 22.2 Å². The van der Waals surface area contributed by atoms with Gasteiger partial charge in [0.15, 0.2) is 0 Å². The van der Waals surface area contributed by atoms with E-state index in [0.717, 1.165) is 47.9 Å². The Bertz CT molecular complexity index is 1170. The third-order valence-electron chi connectivity index (χ3n) is 5.68. The Morgan fingerprint density at radius 3 is 2.68 bits per heavy atom. The second-order valence-corrected chi connectivity index (χ2v) is 7.60. The molecule has 0 radical (unpaired) electrons. The number of rotatable bonds is 5. The lowest BCUT2D eigenvalue weighted by atomic mass is 10.0. The first-order chi connectivity index (χ1) is 15.3. The van der Waals surface area contributed by atoms with Gasteiger partial charge < -0.3 is 9.47 Å². The molecule has 0 N–H and O–H groups in total. The van der Waals surface area contributed by atoms with Crippen LogP contribution < -0.4 is 4.74 Å². The number of pyridine rings is 1. The van der Waals surface area contributed by atoms with Crippen LogP contribution in [0.1, 0.15) is 17.4 Å². The van der Waals surface area contributed by atoms with Crippen molar-refractivity contribution >= 4 is 10.9 Å². The van der Waals surface area contributed by atoms with Gasteiger partial charge in [0, 0.05) is 49.2 Å². The highest BCUT2D eigenvalue weighted by Crippen LogP contribution is 2.30. The first kappa shape index (κ1) is 19.6. The predicted octanol–water partition coefficient (Wildman–Crippen LogP) is 4.27. The summed E-state index contributed by atoms with van der Waals surface area (Å²) >= 11 is 0. The minimum absolute atomic E-state index is 0.132. The van der Waals surface area contributed by atoms with Crippen LogP contribution in [-0.4, -0.2) is 46.7 Å². The standard InChI is InChI=1S/C25H24N4O2/c1-30-20-8-6-18(7-9-20)24-25(28-13-12-27-24)23-17-29(14-15-31-23)16-19-10-11-26-22-5-3-2-4-21(19)22/h2-13,23H,14-17H2,1H3/t23-/m1/s1. The maximum absolute atomic E-state index is 6.15. The molecule has 1 saturated heterocycles. The van der Waals surface area contributed by atoms with Crippen LogP contribution in [0.3, 0.4) is 0 Å². The first-order valence-electron chi connectivity index (χ1n) is 10.4. The highest BCUT2D eigenvalue weighted by atomic mass is 16.5. The topological polar surface area (TPSA) is 60.4 Å². The number of aromatic nitrogens is 3. The van der Waals surface area contributed by atoms with Crippen molar-refractivity contribution in [3.63, 3.8) is 0 Å². The van der Waals surface area contributed by atoms with Crippen LogP contribution in [0, 0.1) is 0 Å². The minimum Gasteiger partial charge on any atom is -0.497 e. The summed E-state index contributed by atoms with van der Waals surface area (Å²) in [5.74, 6) is 0.818. The molecule has 1 fully saturated rings. The summed E-state index contributed by atoms with van der Waals surface area (Å²) in [4.78, 5) is 16.2. The number of nitrogens with zero attached hydrogens (tertiary/aromatic N) is 4. The van der Waals surface area contributed by atoms with Crippen molar-refractivity contribution in [1.82, 2.24) is 19.9 Å². The Labute approximate surface area is 181 Å². The van der Waals surface area contributed by atoms with E-state index in [1.807, 2.05) is 36.5 Å². The molecule has 0 bridgehead atoms. The van der Waals surface area contributed by atoms with Gasteiger partial charge in [-0.3, -0.25) is 19.9 Å². The third-order valence-corrected chi connectivity index (χ3v) is 5.68. The molecular weight excluding hydrogens is 388 g/mol. The number of benzene rings is 2. The molecule has 1 atom stereocenters. The number of hydrogen-bond acceptors (Lipinski definition) is 6. The van der Waals surface area contributed by atoms with Gasteiger partial charge in [0.25, 0.3) is 0 Å². The molecule has 156 valence electrons. The van der Waals surface area contributed by atoms with E-state index in [1.54, 1.807) is 19.5 Å². The van der Waals surface area contributed by atoms with E-state index >= 15 is 0 Å². The molecule has 1 aliphatic rings. The summed E-state index contributed by atoms with van der Waals surface area (Å²) in [6, 6.07) is 18.3. The van der Waals surface area contributed by atoms with E-state index in [9.17, 15) is 0 Å². The van der Waals surface area contributed by atoms with E-state index in [1.165, 1.54) is 10.9 Å². The Hall–Kier alpha value is -3.35. The molecule has 31 heavy (non-hydrogen) atoms. The highest BCUT2D eigenvalue weighted by Gasteiger charge is 2.26. The molecule has 0 aliphatic carbocycles. The van der Waals surface area contributed by atoms with E-state index in [0.29, 0.717) is 6.61 Å². The van der Waals surface area contributed by atoms with Gasteiger partial charge in [-0.2, -0.15) is 0 Å². The largest absolute Gasteiger partial charge is 0.497 e. The van der Waals surface area contributed by atoms with Gasteiger partial charge in [0.2, 0.25) is 0 Å². The number of methoxy groups -OCH3 is 1. The van der Waals surface area contributed by atoms with Crippen LogP contribution in [0.15, 0.2) is 73.2 Å². The maximum atomic E-state index is 6.15. The minimum atomic E-state index is -0.132. The molecule has 6 heteroatoms. The Kier molecular flexibility index (Phi) is 5.56. The lowest BCUT2D eigenvalue weighted by molar-refractivity contribution is -0.0347. The van der Waals surface area contributed by atoms with Gasteiger partial charge in [-0.15, -0.1) is 0 Å². The van der Waals surface area contributed by atoms with E-state index in [4.69, 9.17) is 9.47 Å². The number of fused-ring (bicyclic) bond motifs is 1. The second-order valence-electron chi connectivity index (χ2n) is 7.60. The second kappa shape index (κ2) is 8.79. The van der Waals surface area contributed by atoms with Gasteiger partial charge in [-0.05, 0) is 42.0 Å². The monoisotopic (exact) mass is 412 g/mol. The summed E-state index contributed by atoms with van der Waals surface area (Å²) in [7, 11) is 1.67. The summed E-state index contributed by atoms with van der Waals surface area (Å²) in [5.41, 5.74) is 5.04. The van der Waals surface area contributed by atoms with Gasteiger partial charge >= 0.3 is 0 Å². The highest BCUT2D eigenvalue weighted by molar-refractivity contribution is 5.81. The van der Waals surface area contributed by atoms with Crippen molar-refractivity contribution in [2.24, 2.45) is 0 Å². The van der Waals surface area contributed by atoms with Crippen LogP contribution in [0.2, 0.25) is 0 Å². The zero-order chi connectivity index (χ0) is 21.0. The van der Waals surface area contributed by atoms with E-state index in [-0.39, 0.29) is 6.10 Å². The fourth-order valence-corrected chi connectivity index (χ4v) is 4.10. The normalized spacial score (nSPS) is 17.0. The van der Waals surface area contributed by atoms with Crippen molar-refractivity contribution in [3.8, 4) is 17.0 Å². The van der Waals surface area contributed by atoms with Gasteiger partial charge in [-0.1, -0.05) is 18.2 Å². The Morgan fingerprint density at radius 1 is 0.968 bits per heavy atom. The fourth-order valence-electron chi connectivity index (χ4n) is 4.10. The van der Waals surface area contributed by atoms with Crippen molar-refractivity contribution in [2.75, 3.05) is 26.8 Å². The molecule has 4 aromatic rings. The average molecular weight is 412 g/mol. The van der Waals surface area contributed by atoms with Gasteiger partial charge in [0.05, 0.1) is 30.6 Å². The molecule has 0 unspecified atom stereocenters. The van der Waals surface area contributed by atoms with Gasteiger partial charge in [0.1, 0.15) is 11.9 Å². The molecular formula is C25H24N4O2. The molecule has 3 heterocycles. The summed E-state index contributed by atoms with van der Waals surface area (Å²) in [6.07, 6.45) is 5.22. The molecule has 1 aliphatic heterocycles. The van der Waals surface area contributed by atoms with Crippen molar-refractivity contribution in [1.29, 1.82) is 0 Å². The first-order valence-corrected chi connectivity index (χ1v) is 10.4. The van der Waals surface area contributed by atoms with Crippen molar-refractivity contribution < 1.29 is 9.47 Å². The zero-order valence-corrected chi connectivity index (χ0v) is 17.4. The summed E-state index contributed by atoms with van der Waals surface area (Å²) < 4.78 is 11.4. The molecule has 0 saturated carbocycles. The molecule has 2 aromatic heterocycles. The number of para-hydroxylation sites is 1. The predicted molar refractivity (Wildman–Crippen MR) is 120 cm³/mol. The average Bonchev–Trinajstić information content (AvgIpc) is 2.84. The quantitative estimate of drug-likeness (QED) is 0.488. The maximum Gasteiger partial charge on any atom is 0.118 e. The van der Waals surface area contributed by atoms with Crippen LogP contribution in [0.5, 0.6) is 5.75 Å². The Balaban J connectivity index is 1.39. The summed E-state index contributed by atoms with van der Waals surface area (Å²) in [6.45, 7) is 3.15. The SMILES string of the molecule is COc1ccc(-c2nccnc2[C@H]2CN(Cc3ccnc4ccccc34)CCO2)cc1.